The van der Waals surface area contributed by atoms with Crippen molar-refractivity contribution in [1.82, 2.24) is 9.55 Å². The maximum absolute atomic E-state index is 11.6. The standard InChI is InChI=1S/C11H11N3O/c1-9-4-2-3-5-10(9)13-11(15)14-7-6-12-8-14/h2-8H,1H3,(H,13,15). The third-order valence-electron chi connectivity index (χ3n) is 2.13. The van der Waals surface area contributed by atoms with Crippen molar-refractivity contribution < 1.29 is 4.79 Å². The molecule has 0 saturated carbocycles. The van der Waals surface area contributed by atoms with Crippen molar-refractivity contribution in [3.05, 3.63) is 48.5 Å². The summed E-state index contributed by atoms with van der Waals surface area (Å²) in [5.74, 6) is 0. The fourth-order valence-electron chi connectivity index (χ4n) is 1.27. The highest BCUT2D eigenvalue weighted by molar-refractivity contribution is 5.91. The lowest BCUT2D eigenvalue weighted by molar-refractivity contribution is 0.253. The van der Waals surface area contributed by atoms with E-state index in [1.54, 1.807) is 12.4 Å². The molecule has 2 rings (SSSR count). The second kappa shape index (κ2) is 3.96. The van der Waals surface area contributed by atoms with Gasteiger partial charge in [-0.25, -0.2) is 9.78 Å². The molecular weight excluding hydrogens is 190 g/mol. The van der Waals surface area contributed by atoms with Crippen molar-refractivity contribution in [3.63, 3.8) is 0 Å². The molecule has 4 heteroatoms. The number of nitrogens with zero attached hydrogens (tertiary/aromatic N) is 2. The van der Waals surface area contributed by atoms with Crippen LogP contribution in [0.4, 0.5) is 10.5 Å². The van der Waals surface area contributed by atoms with E-state index in [9.17, 15) is 4.79 Å². The van der Waals surface area contributed by atoms with Crippen LogP contribution in [0.25, 0.3) is 0 Å². The van der Waals surface area contributed by atoms with Crippen LogP contribution in [-0.4, -0.2) is 15.6 Å². The van der Waals surface area contributed by atoms with Crippen LogP contribution in [-0.2, 0) is 0 Å². The van der Waals surface area contributed by atoms with Gasteiger partial charge in [0.1, 0.15) is 6.33 Å². The van der Waals surface area contributed by atoms with E-state index in [2.05, 4.69) is 10.3 Å². The predicted molar refractivity (Wildman–Crippen MR) is 57.8 cm³/mol. The van der Waals surface area contributed by atoms with Gasteiger partial charge in [0.05, 0.1) is 0 Å². The van der Waals surface area contributed by atoms with Crippen molar-refractivity contribution >= 4 is 11.7 Å². The van der Waals surface area contributed by atoms with Crippen LogP contribution in [0.2, 0.25) is 0 Å². The molecule has 2 aromatic rings. The van der Waals surface area contributed by atoms with E-state index in [-0.39, 0.29) is 6.03 Å². The molecule has 0 aliphatic carbocycles. The number of aryl methyl sites for hydroxylation is 1. The Balaban J connectivity index is 2.17. The minimum absolute atomic E-state index is 0.207. The molecule has 1 heterocycles. The van der Waals surface area contributed by atoms with Gasteiger partial charge in [0, 0.05) is 18.1 Å². The van der Waals surface area contributed by atoms with Gasteiger partial charge in [-0.1, -0.05) is 18.2 Å². The average molecular weight is 201 g/mol. The van der Waals surface area contributed by atoms with Crippen LogP contribution in [0.5, 0.6) is 0 Å². The lowest BCUT2D eigenvalue weighted by atomic mass is 10.2. The zero-order valence-corrected chi connectivity index (χ0v) is 8.34. The summed E-state index contributed by atoms with van der Waals surface area (Å²) < 4.78 is 1.40. The molecule has 0 atom stereocenters. The average Bonchev–Trinajstić information content (AvgIpc) is 2.74. The summed E-state index contributed by atoms with van der Waals surface area (Å²) in [6.45, 7) is 1.95. The molecule has 0 spiro atoms. The normalized spacial score (nSPS) is 9.93. The van der Waals surface area contributed by atoms with Gasteiger partial charge in [-0.2, -0.15) is 0 Å². The first-order valence-electron chi connectivity index (χ1n) is 4.62. The van der Waals surface area contributed by atoms with E-state index in [4.69, 9.17) is 0 Å². The lowest BCUT2D eigenvalue weighted by Crippen LogP contribution is -2.18. The van der Waals surface area contributed by atoms with Crippen LogP contribution < -0.4 is 5.32 Å². The van der Waals surface area contributed by atoms with Crippen LogP contribution in [0.1, 0.15) is 5.56 Å². The van der Waals surface area contributed by atoms with Crippen molar-refractivity contribution in [2.24, 2.45) is 0 Å². The first kappa shape index (κ1) is 9.45. The molecule has 1 N–H and O–H groups in total. The van der Waals surface area contributed by atoms with Gasteiger partial charge in [0.25, 0.3) is 0 Å². The number of benzene rings is 1. The molecule has 0 aliphatic heterocycles. The van der Waals surface area contributed by atoms with Crippen molar-refractivity contribution in [1.29, 1.82) is 0 Å². The maximum Gasteiger partial charge on any atom is 0.331 e. The van der Waals surface area contributed by atoms with E-state index in [0.29, 0.717) is 0 Å². The highest BCUT2D eigenvalue weighted by atomic mass is 16.2. The number of imidazole rings is 1. The van der Waals surface area contributed by atoms with E-state index in [0.717, 1.165) is 11.3 Å². The molecule has 1 aromatic carbocycles. The molecule has 0 aliphatic rings. The van der Waals surface area contributed by atoms with Crippen LogP contribution >= 0.6 is 0 Å². The second-order valence-corrected chi connectivity index (χ2v) is 3.22. The number of anilines is 1. The highest BCUT2D eigenvalue weighted by Crippen LogP contribution is 2.13. The molecule has 15 heavy (non-hydrogen) atoms. The van der Waals surface area contributed by atoms with Gasteiger partial charge in [-0.05, 0) is 18.6 Å². The van der Waals surface area contributed by atoms with E-state index in [1.807, 2.05) is 31.2 Å². The molecule has 0 unspecified atom stereocenters. The summed E-state index contributed by atoms with van der Waals surface area (Å²) in [7, 11) is 0. The molecule has 0 fully saturated rings. The zero-order valence-electron chi connectivity index (χ0n) is 8.34. The molecule has 1 amide bonds. The predicted octanol–water partition coefficient (Wildman–Crippen LogP) is 2.27. The number of nitrogens with one attached hydrogen (secondary N) is 1. The summed E-state index contributed by atoms with van der Waals surface area (Å²) in [6, 6.07) is 7.42. The molecular formula is C11H11N3O. The van der Waals surface area contributed by atoms with Crippen LogP contribution in [0.3, 0.4) is 0 Å². The smallest absolute Gasteiger partial charge is 0.307 e. The van der Waals surface area contributed by atoms with Crippen molar-refractivity contribution in [3.8, 4) is 0 Å². The van der Waals surface area contributed by atoms with Gasteiger partial charge >= 0.3 is 6.03 Å². The summed E-state index contributed by atoms with van der Waals surface area (Å²) in [5, 5.41) is 2.80. The maximum atomic E-state index is 11.6. The minimum atomic E-state index is -0.207. The first-order valence-corrected chi connectivity index (χ1v) is 4.62. The summed E-state index contributed by atoms with van der Waals surface area (Å²) in [6.07, 6.45) is 4.64. The number of rotatable bonds is 1. The van der Waals surface area contributed by atoms with E-state index >= 15 is 0 Å². The Kier molecular flexibility index (Phi) is 2.49. The molecule has 0 bridgehead atoms. The Hall–Kier alpha value is -2.10. The number of aromatic nitrogens is 2. The third-order valence-corrected chi connectivity index (χ3v) is 2.13. The van der Waals surface area contributed by atoms with Crippen LogP contribution in [0.15, 0.2) is 43.0 Å². The second-order valence-electron chi connectivity index (χ2n) is 3.22. The Morgan fingerprint density at radius 1 is 1.40 bits per heavy atom. The number of carbonyl (C=O) groups excluding carboxylic acids is 1. The molecule has 1 aromatic heterocycles. The summed E-state index contributed by atoms with van der Waals surface area (Å²) >= 11 is 0. The number of carbonyl (C=O) groups is 1. The van der Waals surface area contributed by atoms with Crippen molar-refractivity contribution in [2.75, 3.05) is 5.32 Å². The van der Waals surface area contributed by atoms with E-state index < -0.39 is 0 Å². The highest BCUT2D eigenvalue weighted by Gasteiger charge is 2.04. The monoisotopic (exact) mass is 201 g/mol. The zero-order chi connectivity index (χ0) is 10.7. The van der Waals surface area contributed by atoms with Crippen LogP contribution in [0, 0.1) is 6.92 Å². The topological polar surface area (TPSA) is 46.9 Å². The third kappa shape index (κ3) is 2.04. The Bertz CT molecular complexity index is 462. The fourth-order valence-corrected chi connectivity index (χ4v) is 1.27. The number of para-hydroxylation sites is 1. The van der Waals surface area contributed by atoms with Gasteiger partial charge in [0.2, 0.25) is 0 Å². The van der Waals surface area contributed by atoms with Gasteiger partial charge in [-0.15, -0.1) is 0 Å². The van der Waals surface area contributed by atoms with Gasteiger partial charge in [0.15, 0.2) is 0 Å². The molecule has 0 saturated heterocycles. The lowest BCUT2D eigenvalue weighted by Gasteiger charge is -2.07. The largest absolute Gasteiger partial charge is 0.331 e. The number of hydrogen-bond acceptors (Lipinski definition) is 2. The van der Waals surface area contributed by atoms with Gasteiger partial charge in [-0.3, -0.25) is 4.57 Å². The summed E-state index contributed by atoms with van der Waals surface area (Å²) in [4.78, 5) is 15.4. The van der Waals surface area contributed by atoms with Gasteiger partial charge < -0.3 is 5.32 Å². The molecule has 4 nitrogen and oxygen atoms in total. The summed E-state index contributed by atoms with van der Waals surface area (Å²) in [5.41, 5.74) is 1.85. The first-order chi connectivity index (χ1) is 7.27. The number of amides is 1. The quantitative estimate of drug-likeness (QED) is 0.769. The number of hydrogen-bond donors (Lipinski definition) is 1. The molecule has 0 radical (unpaired) electrons. The Morgan fingerprint density at radius 2 is 2.20 bits per heavy atom. The Morgan fingerprint density at radius 3 is 2.87 bits per heavy atom. The minimum Gasteiger partial charge on any atom is -0.307 e. The SMILES string of the molecule is Cc1ccccc1NC(=O)n1ccnc1. The van der Waals surface area contributed by atoms with E-state index in [1.165, 1.54) is 10.9 Å². The Labute approximate surface area is 87.6 Å². The fraction of sp³-hybridized carbons (Fsp3) is 0.0909. The van der Waals surface area contributed by atoms with Crippen molar-refractivity contribution in [2.45, 2.75) is 6.92 Å². The molecule has 76 valence electrons.